The number of rotatable bonds is 5. The Kier molecular flexibility index (Phi) is 4.88. The summed E-state index contributed by atoms with van der Waals surface area (Å²) in [7, 11) is 0. The van der Waals surface area contributed by atoms with Crippen LogP contribution in [0, 0.1) is 5.82 Å². The monoisotopic (exact) mass is 278 g/mol. The number of aryl methyl sites for hydroxylation is 1. The van der Waals surface area contributed by atoms with Crippen molar-refractivity contribution >= 4 is 11.6 Å². The van der Waals surface area contributed by atoms with E-state index in [1.54, 1.807) is 12.3 Å². The lowest BCUT2D eigenvalue weighted by Gasteiger charge is -2.12. The molecule has 0 fully saturated rings. The highest BCUT2D eigenvalue weighted by Gasteiger charge is 2.09. The molecule has 2 N–H and O–H groups in total. The molecule has 0 amide bonds. The second kappa shape index (κ2) is 6.64. The Labute approximate surface area is 117 Å². The fourth-order valence-corrected chi connectivity index (χ4v) is 2.16. The molecule has 1 atom stereocenters. The summed E-state index contributed by atoms with van der Waals surface area (Å²) >= 11 is 6.02. The van der Waals surface area contributed by atoms with Crippen molar-refractivity contribution in [3.8, 4) is 0 Å². The van der Waals surface area contributed by atoms with Gasteiger partial charge in [-0.15, -0.1) is 0 Å². The van der Waals surface area contributed by atoms with Gasteiger partial charge in [0.25, 0.3) is 0 Å². The van der Waals surface area contributed by atoms with E-state index in [0.29, 0.717) is 11.4 Å². The number of halogens is 2. The van der Waals surface area contributed by atoms with Gasteiger partial charge in [-0.2, -0.15) is 0 Å². The van der Waals surface area contributed by atoms with Crippen LogP contribution in [0.2, 0.25) is 5.02 Å². The number of hydrogen-bond donors (Lipinski definition) is 1. The first-order valence-electron chi connectivity index (χ1n) is 6.24. The van der Waals surface area contributed by atoms with Gasteiger partial charge in [0.1, 0.15) is 5.82 Å². The summed E-state index contributed by atoms with van der Waals surface area (Å²) in [6.07, 6.45) is 3.95. The quantitative estimate of drug-likeness (QED) is 0.911. The number of pyridine rings is 1. The Morgan fingerprint density at radius 2 is 2.11 bits per heavy atom. The molecule has 0 aliphatic heterocycles. The predicted molar refractivity (Wildman–Crippen MR) is 75.6 cm³/mol. The lowest BCUT2D eigenvalue weighted by atomic mass is 10.0. The second-order valence-electron chi connectivity index (χ2n) is 4.56. The summed E-state index contributed by atoms with van der Waals surface area (Å²) in [5.41, 5.74) is 7.84. The van der Waals surface area contributed by atoms with Crippen LogP contribution in [0.5, 0.6) is 0 Å². The first-order valence-corrected chi connectivity index (χ1v) is 6.62. The summed E-state index contributed by atoms with van der Waals surface area (Å²) in [5, 5.41) is 0.565. The van der Waals surface area contributed by atoms with Crippen molar-refractivity contribution in [2.24, 2.45) is 5.73 Å². The van der Waals surface area contributed by atoms with Crippen LogP contribution in [0.1, 0.15) is 17.7 Å². The number of hydrogen-bond acceptors (Lipinski definition) is 2. The van der Waals surface area contributed by atoms with Crippen molar-refractivity contribution in [3.05, 3.63) is 64.7 Å². The predicted octanol–water partition coefficient (Wildman–Crippen LogP) is 3.38. The zero-order chi connectivity index (χ0) is 13.7. The van der Waals surface area contributed by atoms with Gasteiger partial charge in [-0.05, 0) is 55.2 Å². The van der Waals surface area contributed by atoms with E-state index in [1.807, 2.05) is 18.2 Å². The van der Waals surface area contributed by atoms with E-state index in [9.17, 15) is 4.39 Å². The molecule has 0 spiro atoms. The molecule has 2 rings (SSSR count). The maximum absolute atomic E-state index is 13.1. The summed E-state index contributed by atoms with van der Waals surface area (Å²) in [4.78, 5) is 4.25. The average molecular weight is 279 g/mol. The van der Waals surface area contributed by atoms with Crippen LogP contribution in [-0.2, 0) is 12.8 Å². The molecule has 2 nitrogen and oxygen atoms in total. The third kappa shape index (κ3) is 4.30. The summed E-state index contributed by atoms with van der Waals surface area (Å²) in [5.74, 6) is -0.281. The van der Waals surface area contributed by atoms with Crippen molar-refractivity contribution in [1.29, 1.82) is 0 Å². The minimum atomic E-state index is -0.281. The minimum absolute atomic E-state index is 0.0543. The van der Waals surface area contributed by atoms with Gasteiger partial charge >= 0.3 is 0 Å². The van der Waals surface area contributed by atoms with Crippen LogP contribution in [0.25, 0.3) is 0 Å². The topological polar surface area (TPSA) is 38.9 Å². The SMILES string of the molecule is NC(CCc1ccccn1)Cc1cc(F)ccc1Cl. The highest BCUT2D eigenvalue weighted by atomic mass is 35.5. The molecule has 1 aromatic carbocycles. The molecule has 0 saturated carbocycles. The summed E-state index contributed by atoms with van der Waals surface area (Å²) in [6.45, 7) is 0. The first-order chi connectivity index (χ1) is 9.15. The number of benzene rings is 1. The average Bonchev–Trinajstić information content (AvgIpc) is 2.42. The Morgan fingerprint density at radius 1 is 1.26 bits per heavy atom. The van der Waals surface area contributed by atoms with Crippen molar-refractivity contribution in [1.82, 2.24) is 4.98 Å². The third-order valence-electron chi connectivity index (χ3n) is 2.99. The van der Waals surface area contributed by atoms with E-state index in [-0.39, 0.29) is 11.9 Å². The second-order valence-corrected chi connectivity index (χ2v) is 4.97. The number of nitrogens with two attached hydrogens (primary N) is 1. The smallest absolute Gasteiger partial charge is 0.123 e. The lowest BCUT2D eigenvalue weighted by Crippen LogP contribution is -2.23. The Morgan fingerprint density at radius 3 is 2.84 bits per heavy atom. The van der Waals surface area contributed by atoms with Crippen molar-refractivity contribution in [2.45, 2.75) is 25.3 Å². The van der Waals surface area contributed by atoms with Crippen LogP contribution in [0.3, 0.4) is 0 Å². The van der Waals surface area contributed by atoms with E-state index >= 15 is 0 Å². The molecule has 0 bridgehead atoms. The molecular formula is C15H16ClFN2. The van der Waals surface area contributed by atoms with Gasteiger partial charge in [0.05, 0.1) is 0 Å². The van der Waals surface area contributed by atoms with E-state index in [2.05, 4.69) is 4.98 Å². The van der Waals surface area contributed by atoms with E-state index in [1.165, 1.54) is 12.1 Å². The fourth-order valence-electron chi connectivity index (χ4n) is 1.96. The van der Waals surface area contributed by atoms with Gasteiger partial charge in [-0.25, -0.2) is 4.39 Å². The zero-order valence-corrected chi connectivity index (χ0v) is 11.3. The Balaban J connectivity index is 1.90. The Bertz CT molecular complexity index is 531. The molecule has 2 aromatic rings. The van der Waals surface area contributed by atoms with Gasteiger partial charge in [-0.3, -0.25) is 4.98 Å². The molecular weight excluding hydrogens is 263 g/mol. The molecule has 0 aliphatic rings. The third-order valence-corrected chi connectivity index (χ3v) is 3.36. The number of nitrogens with zero attached hydrogens (tertiary/aromatic N) is 1. The van der Waals surface area contributed by atoms with Crippen molar-refractivity contribution in [3.63, 3.8) is 0 Å². The highest BCUT2D eigenvalue weighted by Crippen LogP contribution is 2.19. The minimum Gasteiger partial charge on any atom is -0.327 e. The summed E-state index contributed by atoms with van der Waals surface area (Å²) < 4.78 is 13.1. The van der Waals surface area contributed by atoms with Crippen LogP contribution >= 0.6 is 11.6 Å². The molecule has 0 radical (unpaired) electrons. The molecule has 100 valence electrons. The largest absolute Gasteiger partial charge is 0.327 e. The molecule has 0 aliphatic carbocycles. The first kappa shape index (κ1) is 14.0. The standard InChI is InChI=1S/C15H16ClFN2/c16-15-7-4-12(17)9-11(15)10-13(18)5-6-14-3-1-2-8-19-14/h1-4,7-9,13H,5-6,10,18H2. The van der Waals surface area contributed by atoms with Crippen molar-refractivity contribution in [2.75, 3.05) is 0 Å². The highest BCUT2D eigenvalue weighted by molar-refractivity contribution is 6.31. The van der Waals surface area contributed by atoms with Gasteiger partial charge in [-0.1, -0.05) is 17.7 Å². The Hall–Kier alpha value is -1.45. The number of aromatic nitrogens is 1. The van der Waals surface area contributed by atoms with Gasteiger partial charge < -0.3 is 5.73 Å². The van der Waals surface area contributed by atoms with Crippen LogP contribution < -0.4 is 5.73 Å². The molecule has 1 unspecified atom stereocenters. The van der Waals surface area contributed by atoms with E-state index in [4.69, 9.17) is 17.3 Å². The normalized spacial score (nSPS) is 12.4. The molecule has 1 aromatic heterocycles. The molecule has 0 saturated heterocycles. The van der Waals surface area contributed by atoms with Crippen LogP contribution in [0.15, 0.2) is 42.6 Å². The van der Waals surface area contributed by atoms with E-state index < -0.39 is 0 Å². The van der Waals surface area contributed by atoms with Crippen molar-refractivity contribution < 1.29 is 4.39 Å². The van der Waals surface area contributed by atoms with Gasteiger partial charge in [0.15, 0.2) is 0 Å². The fraction of sp³-hybridized carbons (Fsp3) is 0.267. The van der Waals surface area contributed by atoms with E-state index in [0.717, 1.165) is 24.1 Å². The zero-order valence-electron chi connectivity index (χ0n) is 10.5. The molecule has 19 heavy (non-hydrogen) atoms. The molecule has 4 heteroatoms. The molecule has 1 heterocycles. The lowest BCUT2D eigenvalue weighted by molar-refractivity contribution is 0.595. The maximum Gasteiger partial charge on any atom is 0.123 e. The maximum atomic E-state index is 13.1. The van der Waals surface area contributed by atoms with Crippen LogP contribution in [-0.4, -0.2) is 11.0 Å². The van der Waals surface area contributed by atoms with Crippen LogP contribution in [0.4, 0.5) is 4.39 Å². The van der Waals surface area contributed by atoms with Gasteiger partial charge in [0.2, 0.25) is 0 Å². The van der Waals surface area contributed by atoms with Gasteiger partial charge in [0, 0.05) is 23.0 Å². The summed E-state index contributed by atoms with van der Waals surface area (Å²) in [6, 6.07) is 10.1.